The van der Waals surface area contributed by atoms with Crippen LogP contribution in [-0.4, -0.2) is 96.7 Å². The van der Waals surface area contributed by atoms with Gasteiger partial charge in [-0.2, -0.15) is 0 Å². The number of carbonyl (C=O) groups excluding carboxylic acids is 4. The van der Waals surface area contributed by atoms with Crippen molar-refractivity contribution in [2.45, 2.75) is 331 Å². The fourth-order valence-electron chi connectivity index (χ4n) is 9.57. The van der Waals surface area contributed by atoms with Crippen molar-refractivity contribution in [1.29, 1.82) is 0 Å². The smallest absolute Gasteiger partial charge is 0.462 e. The number of carbonyl (C=O) groups is 4. The van der Waals surface area contributed by atoms with Gasteiger partial charge in [-0.25, -0.2) is 9.13 Å². The van der Waals surface area contributed by atoms with Gasteiger partial charge < -0.3 is 33.8 Å². The molecule has 0 aromatic rings. The molecule has 0 amide bonds. The second-order valence-electron chi connectivity index (χ2n) is 25.2. The van der Waals surface area contributed by atoms with Crippen molar-refractivity contribution in [1.82, 2.24) is 0 Å². The van der Waals surface area contributed by atoms with Crippen molar-refractivity contribution in [3.63, 3.8) is 0 Å². The number of phosphoric acid groups is 2. The van der Waals surface area contributed by atoms with Gasteiger partial charge in [0.2, 0.25) is 0 Å². The lowest BCUT2D eigenvalue weighted by atomic mass is 10.00. The summed E-state index contributed by atoms with van der Waals surface area (Å²) >= 11 is 0. The van der Waals surface area contributed by atoms with E-state index in [2.05, 4.69) is 55.4 Å². The van der Waals surface area contributed by atoms with Gasteiger partial charge in [-0.1, -0.05) is 261 Å². The van der Waals surface area contributed by atoms with Crippen molar-refractivity contribution >= 4 is 39.5 Å². The van der Waals surface area contributed by atoms with Crippen molar-refractivity contribution in [3.8, 4) is 0 Å². The predicted molar refractivity (Wildman–Crippen MR) is 335 cm³/mol. The maximum atomic E-state index is 13.0. The van der Waals surface area contributed by atoms with Crippen LogP contribution in [0.3, 0.4) is 0 Å². The van der Waals surface area contributed by atoms with Gasteiger partial charge in [-0.3, -0.25) is 37.3 Å². The highest BCUT2D eigenvalue weighted by Crippen LogP contribution is 2.45. The van der Waals surface area contributed by atoms with E-state index in [1.165, 1.54) is 103 Å². The summed E-state index contributed by atoms with van der Waals surface area (Å²) in [5.41, 5.74) is 0. The average Bonchev–Trinajstić information content (AvgIpc) is 3.46. The Morgan fingerprint density at radius 3 is 0.845 bits per heavy atom. The molecule has 0 aromatic heterocycles. The predicted octanol–water partition coefficient (Wildman–Crippen LogP) is 17.8. The number of unbranched alkanes of at least 4 members (excludes halogenated alkanes) is 27. The molecular weight excluding hydrogens is 1110 g/mol. The van der Waals surface area contributed by atoms with Gasteiger partial charge in [0.05, 0.1) is 26.4 Å². The molecule has 84 heavy (non-hydrogen) atoms. The highest BCUT2D eigenvalue weighted by molar-refractivity contribution is 7.47. The SMILES string of the molecule is CCC(C)CCCCCCCCC(=O)O[C@H](COC(=O)CCCCCCCCC(C)C)COP(=O)(O)OC[C@H](O)COP(=O)(O)OC[C@@H](COC(=O)CCCCCCCCC(C)C)OC(=O)CCCCCCCCCCCCCCCC(C)C. The molecule has 3 unspecified atom stereocenters. The van der Waals surface area contributed by atoms with Crippen molar-refractivity contribution < 1.29 is 80.2 Å². The largest absolute Gasteiger partial charge is 0.472 e. The lowest BCUT2D eigenvalue weighted by molar-refractivity contribution is -0.161. The first-order valence-corrected chi connectivity index (χ1v) is 36.7. The zero-order valence-electron chi connectivity index (χ0n) is 54.5. The summed E-state index contributed by atoms with van der Waals surface area (Å²) in [5.74, 6) is 0.723. The topological polar surface area (TPSA) is 237 Å². The van der Waals surface area contributed by atoms with Gasteiger partial charge in [0.15, 0.2) is 12.2 Å². The minimum atomic E-state index is -4.95. The number of aliphatic hydroxyl groups excluding tert-OH is 1. The average molecular weight is 1240 g/mol. The molecule has 0 aliphatic heterocycles. The lowest BCUT2D eigenvalue weighted by Crippen LogP contribution is -2.30. The van der Waals surface area contributed by atoms with Crippen LogP contribution in [0.5, 0.6) is 0 Å². The second kappa shape index (κ2) is 55.2. The van der Waals surface area contributed by atoms with E-state index in [9.17, 15) is 43.2 Å². The summed E-state index contributed by atoms with van der Waals surface area (Å²) in [6.07, 6.45) is 35.2. The van der Waals surface area contributed by atoms with E-state index < -0.39 is 97.5 Å². The number of esters is 4. The zero-order chi connectivity index (χ0) is 62.5. The summed E-state index contributed by atoms with van der Waals surface area (Å²) in [4.78, 5) is 72.2. The number of rotatable bonds is 62. The molecule has 498 valence electrons. The molecule has 19 heteroatoms. The van der Waals surface area contributed by atoms with Gasteiger partial charge in [0, 0.05) is 25.7 Å². The molecule has 3 N–H and O–H groups in total. The first-order valence-electron chi connectivity index (χ1n) is 33.7. The first-order chi connectivity index (χ1) is 40.1. The minimum absolute atomic E-state index is 0.101. The van der Waals surface area contributed by atoms with Crippen LogP contribution in [0.2, 0.25) is 0 Å². The molecule has 6 atom stereocenters. The summed E-state index contributed by atoms with van der Waals surface area (Å²) in [7, 11) is -9.89. The van der Waals surface area contributed by atoms with E-state index >= 15 is 0 Å². The van der Waals surface area contributed by atoms with E-state index in [-0.39, 0.29) is 25.7 Å². The number of ether oxygens (including phenoxy) is 4. The van der Waals surface area contributed by atoms with Crippen LogP contribution in [0.4, 0.5) is 0 Å². The molecule has 0 heterocycles. The van der Waals surface area contributed by atoms with Crippen LogP contribution >= 0.6 is 15.6 Å². The van der Waals surface area contributed by atoms with Gasteiger partial charge in [0.1, 0.15) is 19.3 Å². The maximum Gasteiger partial charge on any atom is 0.472 e. The Morgan fingerprint density at radius 2 is 0.571 bits per heavy atom. The molecule has 0 fully saturated rings. The Morgan fingerprint density at radius 1 is 0.333 bits per heavy atom. The normalized spacial score (nSPS) is 14.7. The third-order valence-corrected chi connectivity index (χ3v) is 17.1. The first kappa shape index (κ1) is 82.1. The highest BCUT2D eigenvalue weighted by Gasteiger charge is 2.30. The number of aliphatic hydroxyl groups is 1. The Balaban J connectivity index is 5.22. The maximum absolute atomic E-state index is 13.0. The Kier molecular flexibility index (Phi) is 53.9. The van der Waals surface area contributed by atoms with E-state index in [0.717, 1.165) is 115 Å². The molecule has 0 spiro atoms. The molecule has 0 saturated carbocycles. The minimum Gasteiger partial charge on any atom is -0.462 e. The van der Waals surface area contributed by atoms with E-state index in [4.69, 9.17) is 37.0 Å². The van der Waals surface area contributed by atoms with Crippen LogP contribution in [0, 0.1) is 23.7 Å². The Labute approximate surface area is 511 Å². The standard InChI is InChI=1S/C65H126O17P2/c1-9-58(8)44-36-28-21-24-32-40-48-65(70)82-61(52-76-63(68)46-38-30-23-20-27-35-43-57(6)7)54-80-84(73,74)78-50-59(66)49-77-83(71,72)79-53-60(51-75-62(67)45-37-29-22-19-26-34-42-56(4)5)81-64(69)47-39-31-18-16-14-12-10-11-13-15-17-25-33-41-55(2)3/h55-61,66H,9-54H2,1-8H3,(H,71,72)(H,73,74)/t58?,59-,60-,61-/m1/s1. The fraction of sp³-hybridized carbons (Fsp3) is 0.938. The van der Waals surface area contributed by atoms with Gasteiger partial charge in [-0.15, -0.1) is 0 Å². The number of hydrogen-bond acceptors (Lipinski definition) is 15. The quantitative estimate of drug-likeness (QED) is 0.0222. The van der Waals surface area contributed by atoms with Crippen LogP contribution in [-0.2, 0) is 65.4 Å². The van der Waals surface area contributed by atoms with Crippen LogP contribution in [0.15, 0.2) is 0 Å². The zero-order valence-corrected chi connectivity index (χ0v) is 56.3. The Hall–Kier alpha value is -1.94. The van der Waals surface area contributed by atoms with E-state index in [0.29, 0.717) is 37.5 Å². The summed E-state index contributed by atoms with van der Waals surface area (Å²) in [6, 6.07) is 0. The highest BCUT2D eigenvalue weighted by atomic mass is 31.2. The molecule has 0 bridgehead atoms. The van der Waals surface area contributed by atoms with Gasteiger partial charge in [-0.05, 0) is 49.4 Å². The monoisotopic (exact) mass is 1240 g/mol. The molecule has 0 aliphatic rings. The van der Waals surface area contributed by atoms with E-state index in [1.54, 1.807) is 0 Å². The molecule has 0 aliphatic carbocycles. The molecule has 0 saturated heterocycles. The fourth-order valence-corrected chi connectivity index (χ4v) is 11.2. The lowest BCUT2D eigenvalue weighted by Gasteiger charge is -2.21. The summed E-state index contributed by atoms with van der Waals surface area (Å²) in [5, 5.41) is 10.5. The molecule has 0 rings (SSSR count). The van der Waals surface area contributed by atoms with Crippen molar-refractivity contribution in [2.75, 3.05) is 39.6 Å². The van der Waals surface area contributed by atoms with Crippen molar-refractivity contribution in [3.05, 3.63) is 0 Å². The van der Waals surface area contributed by atoms with Crippen LogP contribution in [0.25, 0.3) is 0 Å². The third-order valence-electron chi connectivity index (χ3n) is 15.2. The van der Waals surface area contributed by atoms with E-state index in [1.807, 2.05) is 0 Å². The number of hydrogen-bond donors (Lipinski definition) is 3. The molecule has 0 aromatic carbocycles. The van der Waals surface area contributed by atoms with Gasteiger partial charge in [0.25, 0.3) is 0 Å². The second-order valence-corrected chi connectivity index (χ2v) is 28.1. The summed E-state index contributed by atoms with van der Waals surface area (Å²) < 4.78 is 68.0. The molecule has 17 nitrogen and oxygen atoms in total. The van der Waals surface area contributed by atoms with Crippen LogP contribution in [0.1, 0.15) is 312 Å². The Bertz CT molecular complexity index is 1680. The number of phosphoric ester groups is 2. The van der Waals surface area contributed by atoms with Crippen LogP contribution < -0.4 is 0 Å². The third kappa shape index (κ3) is 57.8. The molecular formula is C65H126O17P2. The molecule has 0 radical (unpaired) electrons. The van der Waals surface area contributed by atoms with Crippen molar-refractivity contribution in [2.24, 2.45) is 23.7 Å². The summed E-state index contributed by atoms with van der Waals surface area (Å²) in [6.45, 7) is 13.9. The van der Waals surface area contributed by atoms with Gasteiger partial charge >= 0.3 is 39.5 Å².